The molecule has 3 rings (SSSR count). The van der Waals surface area contributed by atoms with E-state index < -0.39 is 0 Å². The van der Waals surface area contributed by atoms with Gasteiger partial charge in [0, 0.05) is 18.5 Å². The summed E-state index contributed by atoms with van der Waals surface area (Å²) in [7, 11) is 5.70. The highest BCUT2D eigenvalue weighted by atomic mass is 16.5. The van der Waals surface area contributed by atoms with Crippen LogP contribution in [-0.4, -0.2) is 45.2 Å². The number of methoxy groups -OCH3 is 1. The number of benzene rings is 2. The Hall–Kier alpha value is -2.53. The molecule has 1 aliphatic carbocycles. The molecule has 0 bridgehead atoms. The van der Waals surface area contributed by atoms with Crippen molar-refractivity contribution in [2.45, 2.75) is 30.7 Å². The third-order valence-electron chi connectivity index (χ3n) is 5.86. The van der Waals surface area contributed by atoms with Crippen molar-refractivity contribution >= 4 is 6.03 Å². The van der Waals surface area contributed by atoms with Gasteiger partial charge in [-0.25, -0.2) is 4.79 Å². The zero-order valence-electron chi connectivity index (χ0n) is 17.1. The minimum atomic E-state index is -0.109. The molecule has 5 heteroatoms. The standard InChI is InChI=1S/C23H31N3O2/c1-26(2)21(18-10-12-20(28-3)13-11-18)16-24-22(27)25-17-23(14-7-15-23)19-8-5-4-6-9-19/h4-6,8-13,21H,7,14-17H2,1-3H3,(H2,24,25,27). The lowest BCUT2D eigenvalue weighted by atomic mass is 9.64. The molecule has 150 valence electrons. The molecule has 0 radical (unpaired) electrons. The van der Waals surface area contributed by atoms with E-state index in [2.05, 4.69) is 39.8 Å². The zero-order chi connectivity index (χ0) is 20.0. The predicted octanol–water partition coefficient (Wildman–Crippen LogP) is 3.72. The van der Waals surface area contributed by atoms with E-state index >= 15 is 0 Å². The number of nitrogens with zero attached hydrogens (tertiary/aromatic N) is 1. The Morgan fingerprint density at radius 3 is 2.29 bits per heavy atom. The van der Waals surface area contributed by atoms with Gasteiger partial charge < -0.3 is 20.3 Å². The van der Waals surface area contributed by atoms with Gasteiger partial charge in [0.15, 0.2) is 0 Å². The van der Waals surface area contributed by atoms with Gasteiger partial charge in [-0.2, -0.15) is 0 Å². The highest BCUT2D eigenvalue weighted by molar-refractivity contribution is 5.74. The topological polar surface area (TPSA) is 53.6 Å². The zero-order valence-corrected chi connectivity index (χ0v) is 17.1. The average molecular weight is 382 g/mol. The molecule has 1 unspecified atom stereocenters. The van der Waals surface area contributed by atoms with Crippen LogP contribution in [-0.2, 0) is 5.41 Å². The average Bonchev–Trinajstić information content (AvgIpc) is 2.68. The normalized spacial score (nSPS) is 16.1. The van der Waals surface area contributed by atoms with E-state index in [0.717, 1.165) is 24.2 Å². The Kier molecular flexibility index (Phi) is 6.57. The van der Waals surface area contributed by atoms with Crippen LogP contribution < -0.4 is 15.4 Å². The van der Waals surface area contributed by atoms with Gasteiger partial charge in [-0.3, -0.25) is 0 Å². The van der Waals surface area contributed by atoms with Gasteiger partial charge in [0.05, 0.1) is 13.2 Å². The lowest BCUT2D eigenvalue weighted by Crippen LogP contribution is -2.49. The molecule has 1 atom stereocenters. The minimum Gasteiger partial charge on any atom is -0.497 e. The Bertz CT molecular complexity index is 755. The van der Waals surface area contributed by atoms with Crippen molar-refractivity contribution in [2.75, 3.05) is 34.3 Å². The second-order valence-corrected chi connectivity index (χ2v) is 7.82. The lowest BCUT2D eigenvalue weighted by Gasteiger charge is -2.42. The van der Waals surface area contributed by atoms with Gasteiger partial charge in [0.1, 0.15) is 5.75 Å². The quantitative estimate of drug-likeness (QED) is 0.733. The number of nitrogens with one attached hydrogen (secondary N) is 2. The van der Waals surface area contributed by atoms with Crippen molar-refractivity contribution in [1.82, 2.24) is 15.5 Å². The lowest BCUT2D eigenvalue weighted by molar-refractivity contribution is 0.211. The predicted molar refractivity (Wildman–Crippen MR) is 113 cm³/mol. The van der Waals surface area contributed by atoms with E-state index in [1.165, 1.54) is 12.0 Å². The Labute approximate surface area is 168 Å². The summed E-state index contributed by atoms with van der Waals surface area (Å²) in [6, 6.07) is 18.5. The number of ether oxygens (including phenoxy) is 1. The molecule has 1 aliphatic rings. The summed E-state index contributed by atoms with van der Waals surface area (Å²) in [6.07, 6.45) is 3.48. The number of likely N-dealkylation sites (N-methyl/N-ethyl adjacent to an activating group) is 1. The van der Waals surface area contributed by atoms with Gasteiger partial charge in [-0.15, -0.1) is 0 Å². The van der Waals surface area contributed by atoms with Crippen molar-refractivity contribution in [2.24, 2.45) is 0 Å². The van der Waals surface area contributed by atoms with Crippen LogP contribution in [0.2, 0.25) is 0 Å². The Balaban J connectivity index is 1.54. The minimum absolute atomic E-state index is 0.0928. The first-order valence-electron chi connectivity index (χ1n) is 9.92. The number of carbonyl (C=O) groups is 1. The molecule has 0 aliphatic heterocycles. The molecule has 2 amide bonds. The van der Waals surface area contributed by atoms with Crippen LogP contribution in [0, 0.1) is 0 Å². The summed E-state index contributed by atoms with van der Waals surface area (Å²) in [5, 5.41) is 6.14. The van der Waals surface area contributed by atoms with Crippen LogP contribution in [0.25, 0.3) is 0 Å². The first kappa shape index (κ1) is 20.2. The molecular weight excluding hydrogens is 350 g/mol. The van der Waals surface area contributed by atoms with E-state index in [4.69, 9.17) is 4.74 Å². The number of carbonyl (C=O) groups excluding carboxylic acids is 1. The fourth-order valence-corrected chi connectivity index (χ4v) is 3.89. The molecule has 28 heavy (non-hydrogen) atoms. The van der Waals surface area contributed by atoms with Crippen LogP contribution >= 0.6 is 0 Å². The van der Waals surface area contributed by atoms with Crippen LogP contribution in [0.5, 0.6) is 5.75 Å². The van der Waals surface area contributed by atoms with E-state index in [1.807, 2.05) is 44.4 Å². The van der Waals surface area contributed by atoms with Crippen LogP contribution in [0.4, 0.5) is 4.79 Å². The molecule has 0 saturated heterocycles. The summed E-state index contributed by atoms with van der Waals surface area (Å²) in [6.45, 7) is 1.22. The fourth-order valence-electron chi connectivity index (χ4n) is 3.89. The largest absolute Gasteiger partial charge is 0.497 e. The molecule has 2 aromatic carbocycles. The Morgan fingerprint density at radius 1 is 1.07 bits per heavy atom. The second kappa shape index (κ2) is 9.11. The molecule has 1 fully saturated rings. The van der Waals surface area contributed by atoms with Gasteiger partial charge >= 0.3 is 6.03 Å². The van der Waals surface area contributed by atoms with Crippen LogP contribution in [0.1, 0.15) is 36.4 Å². The van der Waals surface area contributed by atoms with Gasteiger partial charge in [0.2, 0.25) is 0 Å². The third-order valence-corrected chi connectivity index (χ3v) is 5.86. The van der Waals surface area contributed by atoms with Gasteiger partial charge in [-0.1, -0.05) is 48.9 Å². The number of rotatable bonds is 8. The summed E-state index contributed by atoms with van der Waals surface area (Å²) in [4.78, 5) is 14.6. The highest BCUT2D eigenvalue weighted by Gasteiger charge is 2.38. The summed E-state index contributed by atoms with van der Waals surface area (Å²) in [5.41, 5.74) is 2.56. The van der Waals surface area contributed by atoms with Crippen molar-refractivity contribution < 1.29 is 9.53 Å². The van der Waals surface area contributed by atoms with E-state index in [9.17, 15) is 4.79 Å². The molecular formula is C23H31N3O2. The summed E-state index contributed by atoms with van der Waals surface area (Å²) in [5.74, 6) is 0.832. The smallest absolute Gasteiger partial charge is 0.314 e. The summed E-state index contributed by atoms with van der Waals surface area (Å²) < 4.78 is 5.23. The fraction of sp³-hybridized carbons (Fsp3) is 0.435. The number of urea groups is 1. The third kappa shape index (κ3) is 4.65. The molecule has 0 aromatic heterocycles. The van der Waals surface area contributed by atoms with Gasteiger partial charge in [-0.05, 0) is 50.2 Å². The van der Waals surface area contributed by atoms with Crippen LogP contribution in [0.3, 0.4) is 0 Å². The number of amides is 2. The molecule has 1 saturated carbocycles. The number of hydrogen-bond acceptors (Lipinski definition) is 3. The van der Waals surface area contributed by atoms with E-state index in [1.54, 1.807) is 7.11 Å². The maximum absolute atomic E-state index is 12.5. The van der Waals surface area contributed by atoms with E-state index in [-0.39, 0.29) is 17.5 Å². The maximum atomic E-state index is 12.5. The first-order valence-corrected chi connectivity index (χ1v) is 9.92. The first-order chi connectivity index (χ1) is 13.5. The summed E-state index contributed by atoms with van der Waals surface area (Å²) >= 11 is 0. The highest BCUT2D eigenvalue weighted by Crippen LogP contribution is 2.43. The van der Waals surface area contributed by atoms with Crippen molar-refractivity contribution in [3.8, 4) is 5.75 Å². The van der Waals surface area contributed by atoms with Crippen molar-refractivity contribution in [1.29, 1.82) is 0 Å². The molecule has 5 nitrogen and oxygen atoms in total. The maximum Gasteiger partial charge on any atom is 0.314 e. The van der Waals surface area contributed by atoms with E-state index in [0.29, 0.717) is 13.1 Å². The van der Waals surface area contributed by atoms with Crippen molar-refractivity contribution in [3.05, 3.63) is 65.7 Å². The molecule has 2 aromatic rings. The molecule has 2 N–H and O–H groups in total. The van der Waals surface area contributed by atoms with Crippen molar-refractivity contribution in [3.63, 3.8) is 0 Å². The molecule has 0 spiro atoms. The number of hydrogen-bond donors (Lipinski definition) is 2. The monoisotopic (exact) mass is 381 g/mol. The van der Waals surface area contributed by atoms with Crippen LogP contribution in [0.15, 0.2) is 54.6 Å². The SMILES string of the molecule is COc1ccc(C(CNC(=O)NCC2(c3ccccc3)CCC2)N(C)C)cc1. The molecule has 0 heterocycles. The van der Waals surface area contributed by atoms with Gasteiger partial charge in [0.25, 0.3) is 0 Å². The Morgan fingerprint density at radius 2 is 1.75 bits per heavy atom. The second-order valence-electron chi connectivity index (χ2n) is 7.82.